The topological polar surface area (TPSA) is 38.3 Å². The molecule has 1 aliphatic heterocycles. The molecule has 2 aliphatic rings. The molecule has 1 aliphatic carbocycles. The van der Waals surface area contributed by atoms with Crippen molar-refractivity contribution in [1.82, 2.24) is 5.32 Å². The number of carbonyl (C=O) groups is 1. The lowest BCUT2D eigenvalue weighted by Gasteiger charge is -2.35. The van der Waals surface area contributed by atoms with Crippen molar-refractivity contribution >= 4 is 11.5 Å². The Labute approximate surface area is 113 Å². The highest BCUT2D eigenvalue weighted by molar-refractivity contribution is 5.82. The van der Waals surface area contributed by atoms with Gasteiger partial charge >= 0.3 is 0 Å². The molecule has 1 unspecified atom stereocenters. The van der Waals surface area contributed by atoms with Gasteiger partial charge in [0, 0.05) is 7.05 Å². The van der Waals surface area contributed by atoms with Crippen molar-refractivity contribution in [3.8, 4) is 0 Å². The minimum atomic E-state index is -0.452. The SMILES string of the molecule is CNC(=O)CC1(C)OCCC2=C1Cc1ccccc12. The Bertz CT molecular complexity index is 562. The van der Waals surface area contributed by atoms with Crippen LogP contribution in [-0.2, 0) is 16.0 Å². The van der Waals surface area contributed by atoms with E-state index in [1.54, 1.807) is 7.05 Å². The highest BCUT2D eigenvalue weighted by Gasteiger charge is 2.40. The first-order chi connectivity index (χ1) is 9.14. The maximum Gasteiger partial charge on any atom is 0.222 e. The quantitative estimate of drug-likeness (QED) is 0.883. The van der Waals surface area contributed by atoms with Crippen molar-refractivity contribution < 1.29 is 9.53 Å². The molecular formula is C16H19NO2. The van der Waals surface area contributed by atoms with Gasteiger partial charge in [0.25, 0.3) is 0 Å². The van der Waals surface area contributed by atoms with Crippen LogP contribution in [0.5, 0.6) is 0 Å². The van der Waals surface area contributed by atoms with E-state index in [9.17, 15) is 4.79 Å². The molecule has 19 heavy (non-hydrogen) atoms. The number of nitrogens with one attached hydrogen (secondary N) is 1. The molecule has 1 amide bonds. The van der Waals surface area contributed by atoms with Gasteiger partial charge in [-0.2, -0.15) is 0 Å². The highest BCUT2D eigenvalue weighted by Crippen LogP contribution is 2.45. The predicted molar refractivity (Wildman–Crippen MR) is 74.7 cm³/mol. The van der Waals surface area contributed by atoms with Gasteiger partial charge in [0.05, 0.1) is 18.6 Å². The first kappa shape index (κ1) is 12.4. The van der Waals surface area contributed by atoms with E-state index < -0.39 is 5.60 Å². The second-order valence-corrected chi connectivity index (χ2v) is 5.47. The largest absolute Gasteiger partial charge is 0.370 e. The number of benzene rings is 1. The maximum atomic E-state index is 11.7. The van der Waals surface area contributed by atoms with Crippen molar-refractivity contribution in [2.24, 2.45) is 0 Å². The molecule has 0 fully saturated rings. The normalized spacial score (nSPS) is 24.9. The van der Waals surface area contributed by atoms with Gasteiger partial charge < -0.3 is 10.1 Å². The van der Waals surface area contributed by atoms with E-state index in [1.807, 2.05) is 6.92 Å². The molecule has 1 atom stereocenters. The lowest BCUT2D eigenvalue weighted by molar-refractivity contribution is -0.126. The number of hydrogen-bond acceptors (Lipinski definition) is 2. The van der Waals surface area contributed by atoms with Crippen LogP contribution in [0.2, 0.25) is 0 Å². The summed E-state index contributed by atoms with van der Waals surface area (Å²) in [7, 11) is 1.67. The summed E-state index contributed by atoms with van der Waals surface area (Å²) < 4.78 is 5.96. The molecule has 0 aromatic heterocycles. The number of rotatable bonds is 2. The molecule has 0 radical (unpaired) electrons. The Hall–Kier alpha value is -1.61. The predicted octanol–water partition coefficient (Wildman–Crippen LogP) is 2.31. The number of fused-ring (bicyclic) bond motifs is 2. The fourth-order valence-corrected chi connectivity index (χ4v) is 3.24. The fraction of sp³-hybridized carbons (Fsp3) is 0.438. The number of carbonyl (C=O) groups excluding carboxylic acids is 1. The fourth-order valence-electron chi connectivity index (χ4n) is 3.24. The van der Waals surface area contributed by atoms with Crippen LogP contribution in [0.25, 0.3) is 5.57 Å². The summed E-state index contributed by atoms with van der Waals surface area (Å²) in [5, 5.41) is 2.70. The van der Waals surface area contributed by atoms with E-state index >= 15 is 0 Å². The second-order valence-electron chi connectivity index (χ2n) is 5.47. The smallest absolute Gasteiger partial charge is 0.222 e. The molecule has 0 saturated heterocycles. The van der Waals surface area contributed by atoms with Crippen LogP contribution >= 0.6 is 0 Å². The zero-order chi connectivity index (χ0) is 13.5. The Morgan fingerprint density at radius 3 is 3.00 bits per heavy atom. The molecule has 3 heteroatoms. The standard InChI is InChI=1S/C16H19NO2/c1-16(10-15(18)17-2)14-9-11-5-3-4-6-12(11)13(14)7-8-19-16/h3-6H,7-10H2,1-2H3,(H,17,18). The van der Waals surface area contributed by atoms with E-state index in [4.69, 9.17) is 4.74 Å². The van der Waals surface area contributed by atoms with Crippen LogP contribution in [-0.4, -0.2) is 25.2 Å². The molecule has 1 aromatic carbocycles. The molecule has 1 aromatic rings. The molecule has 0 saturated carbocycles. The Morgan fingerprint density at radius 2 is 2.21 bits per heavy atom. The zero-order valence-electron chi connectivity index (χ0n) is 11.5. The zero-order valence-corrected chi connectivity index (χ0v) is 11.5. The summed E-state index contributed by atoms with van der Waals surface area (Å²) in [6.07, 6.45) is 2.27. The van der Waals surface area contributed by atoms with Gasteiger partial charge in [-0.3, -0.25) is 4.79 Å². The van der Waals surface area contributed by atoms with Crippen molar-refractivity contribution in [1.29, 1.82) is 0 Å². The first-order valence-corrected chi connectivity index (χ1v) is 6.79. The number of ether oxygens (including phenoxy) is 1. The molecule has 3 rings (SSSR count). The molecule has 1 heterocycles. The van der Waals surface area contributed by atoms with Gasteiger partial charge in [0.1, 0.15) is 0 Å². The summed E-state index contributed by atoms with van der Waals surface area (Å²) in [5.41, 5.74) is 4.95. The van der Waals surface area contributed by atoms with E-state index in [0.717, 1.165) is 12.8 Å². The first-order valence-electron chi connectivity index (χ1n) is 6.79. The van der Waals surface area contributed by atoms with Crippen molar-refractivity contribution in [3.05, 3.63) is 41.0 Å². The van der Waals surface area contributed by atoms with Gasteiger partial charge in [-0.15, -0.1) is 0 Å². The van der Waals surface area contributed by atoms with E-state index in [-0.39, 0.29) is 5.91 Å². The summed E-state index contributed by atoms with van der Waals surface area (Å²) in [6.45, 7) is 2.74. The summed E-state index contributed by atoms with van der Waals surface area (Å²) >= 11 is 0. The highest BCUT2D eigenvalue weighted by atomic mass is 16.5. The Morgan fingerprint density at radius 1 is 1.42 bits per heavy atom. The van der Waals surface area contributed by atoms with Gasteiger partial charge in [-0.25, -0.2) is 0 Å². The average molecular weight is 257 g/mol. The lowest BCUT2D eigenvalue weighted by Crippen LogP contribution is -2.40. The van der Waals surface area contributed by atoms with Crippen molar-refractivity contribution in [3.63, 3.8) is 0 Å². The third kappa shape index (κ3) is 1.98. The second kappa shape index (κ2) is 4.49. The minimum absolute atomic E-state index is 0.0345. The minimum Gasteiger partial charge on any atom is -0.370 e. The van der Waals surface area contributed by atoms with Crippen LogP contribution < -0.4 is 5.32 Å². The molecule has 3 nitrogen and oxygen atoms in total. The molecule has 0 bridgehead atoms. The molecule has 0 spiro atoms. The Balaban J connectivity index is 1.99. The molecule has 100 valence electrons. The number of amides is 1. The van der Waals surface area contributed by atoms with E-state index in [2.05, 4.69) is 29.6 Å². The third-order valence-electron chi connectivity index (χ3n) is 4.26. The summed E-state index contributed by atoms with van der Waals surface area (Å²) in [4.78, 5) is 11.7. The summed E-state index contributed by atoms with van der Waals surface area (Å²) in [5.74, 6) is 0.0345. The van der Waals surface area contributed by atoms with Crippen LogP contribution in [0, 0.1) is 0 Å². The van der Waals surface area contributed by atoms with Crippen molar-refractivity contribution in [2.45, 2.75) is 31.8 Å². The van der Waals surface area contributed by atoms with Crippen LogP contribution in [0.3, 0.4) is 0 Å². The Kier molecular flexibility index (Phi) is 2.94. The van der Waals surface area contributed by atoms with Gasteiger partial charge in [-0.05, 0) is 42.0 Å². The average Bonchev–Trinajstić information content (AvgIpc) is 2.79. The molecule has 1 N–H and O–H groups in total. The lowest BCUT2D eigenvalue weighted by atomic mass is 9.85. The van der Waals surface area contributed by atoms with Crippen LogP contribution in [0.1, 0.15) is 30.9 Å². The molecular weight excluding hydrogens is 238 g/mol. The van der Waals surface area contributed by atoms with Crippen molar-refractivity contribution in [2.75, 3.05) is 13.7 Å². The summed E-state index contributed by atoms with van der Waals surface area (Å²) in [6, 6.07) is 8.52. The number of hydrogen-bond donors (Lipinski definition) is 1. The van der Waals surface area contributed by atoms with E-state index in [1.165, 1.54) is 22.3 Å². The van der Waals surface area contributed by atoms with Gasteiger partial charge in [-0.1, -0.05) is 24.3 Å². The van der Waals surface area contributed by atoms with Gasteiger partial charge in [0.15, 0.2) is 0 Å². The van der Waals surface area contributed by atoms with Crippen LogP contribution in [0.4, 0.5) is 0 Å². The maximum absolute atomic E-state index is 11.7. The van der Waals surface area contributed by atoms with Gasteiger partial charge in [0.2, 0.25) is 5.91 Å². The third-order valence-corrected chi connectivity index (χ3v) is 4.26. The van der Waals surface area contributed by atoms with E-state index in [0.29, 0.717) is 13.0 Å². The monoisotopic (exact) mass is 257 g/mol. The van der Waals surface area contributed by atoms with Crippen LogP contribution in [0.15, 0.2) is 29.8 Å².